The third-order valence-electron chi connectivity index (χ3n) is 7.23. The Morgan fingerprint density at radius 3 is 2.17 bits per heavy atom. The molecular weight excluding hydrogens is 522 g/mol. The Hall–Kier alpha value is -3.65. The van der Waals surface area contributed by atoms with E-state index in [1.807, 2.05) is 95.3 Å². The lowest BCUT2D eigenvalue weighted by Crippen LogP contribution is -2.54. The first-order valence-electron chi connectivity index (χ1n) is 13.6. The molecule has 2 atom stereocenters. The van der Waals surface area contributed by atoms with Crippen molar-refractivity contribution >= 4 is 27.5 Å². The molecule has 3 aromatic rings. The molecule has 0 heterocycles. The predicted octanol–water partition coefficient (Wildman–Crippen LogP) is 4.93. The maximum atomic E-state index is 14.2. The molecule has 0 aliphatic heterocycles. The molecule has 0 aromatic heterocycles. The number of amides is 2. The van der Waals surface area contributed by atoms with Crippen molar-refractivity contribution < 1.29 is 18.0 Å². The van der Waals surface area contributed by atoms with Crippen molar-refractivity contribution in [1.29, 1.82) is 0 Å². The first-order chi connectivity index (χ1) is 18.9. The molecule has 0 spiro atoms. The summed E-state index contributed by atoms with van der Waals surface area (Å²) in [7, 11) is -3.81. The number of hydrogen-bond donors (Lipinski definition) is 1. The number of hydrogen-bond acceptors (Lipinski definition) is 4. The Balaban J connectivity index is 2.09. The molecule has 0 unspecified atom stereocenters. The molecule has 214 valence electrons. The van der Waals surface area contributed by atoms with Gasteiger partial charge in [-0.05, 0) is 62.4 Å². The first kappa shape index (κ1) is 30.9. The second kappa shape index (κ2) is 13.6. The van der Waals surface area contributed by atoms with Crippen molar-refractivity contribution in [1.82, 2.24) is 10.2 Å². The van der Waals surface area contributed by atoms with Gasteiger partial charge < -0.3 is 10.2 Å². The Labute approximate surface area is 239 Å². The fraction of sp³-hybridized carbons (Fsp3) is 0.375. The van der Waals surface area contributed by atoms with E-state index in [1.165, 1.54) is 4.90 Å². The number of carbonyl (C=O) groups excluding carboxylic acids is 2. The van der Waals surface area contributed by atoms with Crippen molar-refractivity contribution in [2.45, 2.75) is 66.1 Å². The number of anilines is 1. The summed E-state index contributed by atoms with van der Waals surface area (Å²) in [5.41, 5.74) is 4.95. The second-order valence-electron chi connectivity index (χ2n) is 10.5. The number of nitrogens with zero attached hydrogens (tertiary/aromatic N) is 2. The van der Waals surface area contributed by atoms with Gasteiger partial charge in [-0.2, -0.15) is 0 Å². The molecule has 0 aliphatic rings. The fourth-order valence-corrected chi connectivity index (χ4v) is 5.50. The van der Waals surface area contributed by atoms with Gasteiger partial charge in [-0.3, -0.25) is 13.9 Å². The van der Waals surface area contributed by atoms with Crippen LogP contribution in [-0.4, -0.2) is 50.0 Å². The van der Waals surface area contributed by atoms with E-state index < -0.39 is 28.5 Å². The third kappa shape index (κ3) is 8.18. The van der Waals surface area contributed by atoms with Gasteiger partial charge >= 0.3 is 0 Å². The molecule has 7 nitrogen and oxygen atoms in total. The molecule has 2 amide bonds. The van der Waals surface area contributed by atoms with E-state index in [1.54, 1.807) is 12.1 Å². The Morgan fingerprint density at radius 2 is 1.55 bits per heavy atom. The van der Waals surface area contributed by atoms with Crippen molar-refractivity contribution in [2.24, 2.45) is 0 Å². The van der Waals surface area contributed by atoms with Gasteiger partial charge in [0.15, 0.2) is 0 Å². The Morgan fingerprint density at radius 1 is 0.900 bits per heavy atom. The molecule has 3 rings (SSSR count). The summed E-state index contributed by atoms with van der Waals surface area (Å²) >= 11 is 0. The van der Waals surface area contributed by atoms with Gasteiger partial charge in [-0.25, -0.2) is 8.42 Å². The zero-order chi connectivity index (χ0) is 29.4. The summed E-state index contributed by atoms with van der Waals surface area (Å²) in [6.07, 6.45) is 2.14. The maximum Gasteiger partial charge on any atom is 0.244 e. The summed E-state index contributed by atoms with van der Waals surface area (Å²) in [5.74, 6) is -0.718. The Bertz CT molecular complexity index is 1420. The molecule has 0 saturated carbocycles. The molecule has 0 bridgehead atoms. The first-order valence-corrected chi connectivity index (χ1v) is 15.5. The van der Waals surface area contributed by atoms with Crippen LogP contribution < -0.4 is 9.62 Å². The third-order valence-corrected chi connectivity index (χ3v) is 8.36. The second-order valence-corrected chi connectivity index (χ2v) is 12.4. The van der Waals surface area contributed by atoms with Crippen LogP contribution in [0.15, 0.2) is 72.8 Å². The molecule has 0 fully saturated rings. The highest BCUT2D eigenvalue weighted by atomic mass is 32.2. The van der Waals surface area contributed by atoms with E-state index in [0.717, 1.165) is 44.8 Å². The van der Waals surface area contributed by atoms with Crippen molar-refractivity contribution in [2.75, 3.05) is 17.1 Å². The van der Waals surface area contributed by atoms with Gasteiger partial charge in [0.05, 0.1) is 11.9 Å². The highest BCUT2D eigenvalue weighted by Crippen LogP contribution is 2.26. The monoisotopic (exact) mass is 563 g/mol. The number of carbonyl (C=O) groups is 2. The minimum atomic E-state index is -3.81. The van der Waals surface area contributed by atoms with E-state index in [9.17, 15) is 18.0 Å². The number of aryl methyl sites for hydroxylation is 2. The van der Waals surface area contributed by atoms with Gasteiger partial charge in [-0.15, -0.1) is 0 Å². The quantitative estimate of drug-likeness (QED) is 0.339. The SMILES string of the molecule is CC[C@H](C)NC(=O)[C@@H](Cc1ccccc1)N(Cc1cccc(C)c1)C(=O)CN(c1cccc(C)c1C)S(C)(=O)=O. The smallest absolute Gasteiger partial charge is 0.244 e. The van der Waals surface area contributed by atoms with Crippen LogP contribution in [0.5, 0.6) is 0 Å². The average molecular weight is 564 g/mol. The minimum absolute atomic E-state index is 0.0795. The molecule has 8 heteroatoms. The number of benzene rings is 3. The van der Waals surface area contributed by atoms with Gasteiger partial charge in [-0.1, -0.05) is 79.2 Å². The lowest BCUT2D eigenvalue weighted by Gasteiger charge is -2.34. The molecule has 40 heavy (non-hydrogen) atoms. The highest BCUT2D eigenvalue weighted by molar-refractivity contribution is 7.92. The van der Waals surface area contributed by atoms with Crippen LogP contribution in [0.2, 0.25) is 0 Å². The summed E-state index contributed by atoms with van der Waals surface area (Å²) in [4.78, 5) is 29.5. The van der Waals surface area contributed by atoms with E-state index in [4.69, 9.17) is 0 Å². The molecule has 1 N–H and O–H groups in total. The van der Waals surface area contributed by atoms with Crippen molar-refractivity contribution in [3.05, 3.63) is 101 Å². The van der Waals surface area contributed by atoms with Crippen LogP contribution >= 0.6 is 0 Å². The average Bonchev–Trinajstić information content (AvgIpc) is 2.90. The molecule has 3 aromatic carbocycles. The van der Waals surface area contributed by atoms with Crippen LogP contribution in [0.4, 0.5) is 5.69 Å². The van der Waals surface area contributed by atoms with E-state index in [0.29, 0.717) is 12.1 Å². The molecule has 0 radical (unpaired) electrons. The standard InChI is InChI=1S/C32H41N3O4S/c1-7-25(4)33-32(37)30(20-27-15-9-8-10-16-27)34(21-28-17-11-13-23(2)19-28)31(36)22-35(40(6,38)39)29-18-12-14-24(3)26(29)5/h8-19,25,30H,7,20-22H2,1-6H3,(H,33,37)/t25-,30+/m0/s1. The van der Waals surface area contributed by atoms with Crippen molar-refractivity contribution in [3.8, 4) is 0 Å². The van der Waals surface area contributed by atoms with Crippen LogP contribution in [0.25, 0.3) is 0 Å². The molecule has 0 aliphatic carbocycles. The summed E-state index contributed by atoms with van der Waals surface area (Å²) in [6, 6.07) is 21.8. The van der Waals surface area contributed by atoms with Crippen LogP contribution in [0.1, 0.15) is 48.1 Å². The minimum Gasteiger partial charge on any atom is -0.352 e. The fourth-order valence-electron chi connectivity index (χ4n) is 4.60. The van der Waals surface area contributed by atoms with Gasteiger partial charge in [0.2, 0.25) is 21.8 Å². The van der Waals surface area contributed by atoms with Gasteiger partial charge in [0.25, 0.3) is 0 Å². The number of rotatable bonds is 12. The number of nitrogens with one attached hydrogen (secondary N) is 1. The maximum absolute atomic E-state index is 14.2. The van der Waals surface area contributed by atoms with Crippen LogP contribution in [0, 0.1) is 20.8 Å². The predicted molar refractivity (Wildman–Crippen MR) is 162 cm³/mol. The van der Waals surface area contributed by atoms with E-state index >= 15 is 0 Å². The summed E-state index contributed by atoms with van der Waals surface area (Å²) < 4.78 is 27.2. The lowest BCUT2D eigenvalue weighted by molar-refractivity contribution is -0.140. The molecular formula is C32H41N3O4S. The highest BCUT2D eigenvalue weighted by Gasteiger charge is 2.33. The normalized spacial score (nSPS) is 12.8. The van der Waals surface area contributed by atoms with E-state index in [-0.39, 0.29) is 18.5 Å². The summed E-state index contributed by atoms with van der Waals surface area (Å²) in [6.45, 7) is 9.37. The zero-order valence-corrected chi connectivity index (χ0v) is 25.2. The van der Waals surface area contributed by atoms with Gasteiger partial charge in [0.1, 0.15) is 12.6 Å². The van der Waals surface area contributed by atoms with Crippen molar-refractivity contribution in [3.63, 3.8) is 0 Å². The van der Waals surface area contributed by atoms with Crippen LogP contribution in [-0.2, 0) is 32.6 Å². The Kier molecular flexibility index (Phi) is 10.5. The van der Waals surface area contributed by atoms with Gasteiger partial charge in [0, 0.05) is 19.0 Å². The lowest BCUT2D eigenvalue weighted by atomic mass is 10.0. The van der Waals surface area contributed by atoms with Crippen LogP contribution in [0.3, 0.4) is 0 Å². The molecule has 0 saturated heterocycles. The largest absolute Gasteiger partial charge is 0.352 e. The topological polar surface area (TPSA) is 86.8 Å². The number of sulfonamides is 1. The van der Waals surface area contributed by atoms with E-state index in [2.05, 4.69) is 5.32 Å². The summed E-state index contributed by atoms with van der Waals surface area (Å²) in [5, 5.41) is 3.05. The zero-order valence-electron chi connectivity index (χ0n) is 24.3.